The third-order valence-corrected chi connectivity index (χ3v) is 5.43. The maximum absolute atomic E-state index is 12.6. The van der Waals surface area contributed by atoms with E-state index in [1.165, 1.54) is 17.4 Å². The summed E-state index contributed by atoms with van der Waals surface area (Å²) < 4.78 is 29.8. The molecule has 6 nitrogen and oxygen atoms in total. The number of hydrogen-bond acceptors (Lipinski definition) is 5. The minimum absolute atomic E-state index is 0.00979. The Morgan fingerprint density at radius 1 is 1.17 bits per heavy atom. The SMILES string of the molecule is O=C(Nc1nc(-c2ccccc2OC(F)F)cs1)C1CC(=O)N(c2ccccc2)C1. The molecule has 1 aliphatic rings. The van der Waals surface area contributed by atoms with Gasteiger partial charge in [0.05, 0.1) is 11.6 Å². The van der Waals surface area contributed by atoms with Gasteiger partial charge in [0.25, 0.3) is 0 Å². The standard InChI is InChI=1S/C21H17F2N3O3S/c22-20(23)29-17-9-5-4-8-15(17)16-12-30-21(24-16)25-19(28)13-10-18(27)26(11-13)14-6-2-1-3-7-14/h1-9,12-13,20H,10-11H2,(H,24,25,28). The highest BCUT2D eigenvalue weighted by Crippen LogP contribution is 2.33. The summed E-state index contributed by atoms with van der Waals surface area (Å²) in [7, 11) is 0. The third kappa shape index (κ3) is 4.30. The lowest BCUT2D eigenvalue weighted by atomic mass is 10.1. The van der Waals surface area contributed by atoms with Crippen LogP contribution in [0, 0.1) is 5.92 Å². The van der Waals surface area contributed by atoms with E-state index in [0.717, 1.165) is 5.69 Å². The summed E-state index contributed by atoms with van der Waals surface area (Å²) in [5.41, 5.74) is 1.57. The maximum atomic E-state index is 12.6. The van der Waals surface area contributed by atoms with Crippen LogP contribution in [0.3, 0.4) is 0 Å². The number of amides is 2. The molecule has 30 heavy (non-hydrogen) atoms. The van der Waals surface area contributed by atoms with E-state index in [2.05, 4.69) is 15.0 Å². The molecule has 2 aromatic carbocycles. The fraction of sp³-hybridized carbons (Fsp3) is 0.190. The number of thiazole rings is 1. The third-order valence-electron chi connectivity index (χ3n) is 4.68. The molecule has 4 rings (SSSR count). The van der Waals surface area contributed by atoms with E-state index in [4.69, 9.17) is 0 Å². The molecule has 0 bridgehead atoms. The van der Waals surface area contributed by atoms with E-state index in [1.807, 2.05) is 30.3 Å². The highest BCUT2D eigenvalue weighted by molar-refractivity contribution is 7.14. The van der Waals surface area contributed by atoms with Gasteiger partial charge in [-0.05, 0) is 24.3 Å². The van der Waals surface area contributed by atoms with Gasteiger partial charge in [-0.1, -0.05) is 30.3 Å². The zero-order chi connectivity index (χ0) is 21.1. The van der Waals surface area contributed by atoms with Gasteiger partial charge in [-0.2, -0.15) is 8.78 Å². The molecular formula is C21H17F2N3O3S. The Hall–Kier alpha value is -3.33. The van der Waals surface area contributed by atoms with Crippen molar-refractivity contribution in [3.63, 3.8) is 0 Å². The molecule has 3 aromatic rings. The van der Waals surface area contributed by atoms with E-state index in [9.17, 15) is 18.4 Å². The number of alkyl halides is 2. The molecule has 154 valence electrons. The van der Waals surface area contributed by atoms with E-state index in [-0.39, 0.29) is 30.5 Å². The first kappa shape index (κ1) is 20.0. The first-order valence-electron chi connectivity index (χ1n) is 9.17. The fourth-order valence-electron chi connectivity index (χ4n) is 3.28. The van der Waals surface area contributed by atoms with Crippen molar-refractivity contribution in [2.45, 2.75) is 13.0 Å². The average molecular weight is 429 g/mol. The number of halogens is 2. The van der Waals surface area contributed by atoms with Gasteiger partial charge in [-0.25, -0.2) is 4.98 Å². The van der Waals surface area contributed by atoms with Crippen LogP contribution in [0.2, 0.25) is 0 Å². The van der Waals surface area contributed by atoms with Crippen LogP contribution in [0.15, 0.2) is 60.0 Å². The minimum atomic E-state index is -2.95. The summed E-state index contributed by atoms with van der Waals surface area (Å²) in [5, 5.41) is 4.71. The Morgan fingerprint density at radius 3 is 2.67 bits per heavy atom. The van der Waals surface area contributed by atoms with Gasteiger partial charge in [0.1, 0.15) is 5.75 Å². The van der Waals surface area contributed by atoms with Crippen LogP contribution in [0.4, 0.5) is 19.6 Å². The highest BCUT2D eigenvalue weighted by Gasteiger charge is 2.35. The molecule has 9 heteroatoms. The number of carbonyl (C=O) groups excluding carboxylic acids is 2. The van der Waals surface area contributed by atoms with Gasteiger partial charge in [0, 0.05) is 29.6 Å². The smallest absolute Gasteiger partial charge is 0.387 e. The van der Waals surface area contributed by atoms with Gasteiger partial charge in [-0.15, -0.1) is 11.3 Å². The van der Waals surface area contributed by atoms with Crippen molar-refractivity contribution in [1.82, 2.24) is 4.98 Å². The Labute approximate surface area is 175 Å². The van der Waals surface area contributed by atoms with Crippen molar-refractivity contribution in [1.29, 1.82) is 0 Å². The normalized spacial score (nSPS) is 16.2. The number of nitrogens with zero attached hydrogens (tertiary/aromatic N) is 2. The number of anilines is 2. The molecule has 2 amide bonds. The summed E-state index contributed by atoms with van der Waals surface area (Å²) in [6, 6.07) is 15.5. The van der Waals surface area contributed by atoms with Gasteiger partial charge >= 0.3 is 6.61 Å². The number of benzene rings is 2. The molecule has 1 unspecified atom stereocenters. The summed E-state index contributed by atoms with van der Waals surface area (Å²) in [6.45, 7) is -2.66. The molecule has 1 atom stereocenters. The van der Waals surface area contributed by atoms with Crippen molar-refractivity contribution >= 4 is 34.0 Å². The Morgan fingerprint density at radius 2 is 1.90 bits per heavy atom. The van der Waals surface area contributed by atoms with E-state index in [0.29, 0.717) is 16.4 Å². The molecule has 1 aromatic heterocycles. The number of nitrogens with one attached hydrogen (secondary N) is 1. The predicted molar refractivity (Wildman–Crippen MR) is 110 cm³/mol. The molecule has 1 aliphatic heterocycles. The zero-order valence-electron chi connectivity index (χ0n) is 15.6. The number of hydrogen-bond donors (Lipinski definition) is 1. The predicted octanol–water partition coefficient (Wildman–Crippen LogP) is 4.40. The number of aromatic nitrogens is 1. The minimum Gasteiger partial charge on any atom is -0.434 e. The second-order valence-electron chi connectivity index (χ2n) is 6.64. The van der Waals surface area contributed by atoms with Crippen molar-refractivity contribution in [3.05, 3.63) is 60.0 Å². The lowest BCUT2D eigenvalue weighted by molar-refractivity contribution is -0.122. The number of rotatable bonds is 6. The van der Waals surface area contributed by atoms with Crippen LogP contribution in [-0.4, -0.2) is 30.0 Å². The van der Waals surface area contributed by atoms with E-state index in [1.54, 1.807) is 28.5 Å². The Bertz CT molecular complexity index is 1060. The lowest BCUT2D eigenvalue weighted by Crippen LogP contribution is -2.28. The summed E-state index contributed by atoms with van der Waals surface area (Å²) in [5.74, 6) is -0.908. The first-order valence-corrected chi connectivity index (χ1v) is 10.1. The van der Waals surface area contributed by atoms with Crippen LogP contribution in [0.1, 0.15) is 6.42 Å². The molecule has 1 saturated heterocycles. The van der Waals surface area contributed by atoms with Crippen LogP contribution in [0.5, 0.6) is 5.75 Å². The topological polar surface area (TPSA) is 71.5 Å². The van der Waals surface area contributed by atoms with Crippen molar-refractivity contribution in [3.8, 4) is 17.0 Å². The van der Waals surface area contributed by atoms with Gasteiger partial charge < -0.3 is 15.0 Å². The van der Waals surface area contributed by atoms with Crippen molar-refractivity contribution < 1.29 is 23.1 Å². The van der Waals surface area contributed by atoms with Crippen LogP contribution in [-0.2, 0) is 9.59 Å². The molecule has 1 fully saturated rings. The summed E-state index contributed by atoms with van der Waals surface area (Å²) in [4.78, 5) is 30.9. The van der Waals surface area contributed by atoms with Crippen LogP contribution >= 0.6 is 11.3 Å². The lowest BCUT2D eigenvalue weighted by Gasteiger charge is -2.16. The van der Waals surface area contributed by atoms with E-state index < -0.39 is 12.5 Å². The van der Waals surface area contributed by atoms with Gasteiger partial charge in [0.2, 0.25) is 11.8 Å². The summed E-state index contributed by atoms with van der Waals surface area (Å²) >= 11 is 1.17. The summed E-state index contributed by atoms with van der Waals surface area (Å²) in [6.07, 6.45) is 0.115. The highest BCUT2D eigenvalue weighted by atomic mass is 32.1. The fourth-order valence-corrected chi connectivity index (χ4v) is 3.99. The largest absolute Gasteiger partial charge is 0.434 e. The van der Waals surface area contributed by atoms with Crippen molar-refractivity contribution in [2.24, 2.45) is 5.92 Å². The average Bonchev–Trinajstić information content (AvgIpc) is 3.35. The van der Waals surface area contributed by atoms with E-state index >= 15 is 0 Å². The quantitative estimate of drug-likeness (QED) is 0.630. The molecule has 1 N–H and O–H groups in total. The number of para-hydroxylation sites is 2. The van der Waals surface area contributed by atoms with Crippen molar-refractivity contribution in [2.75, 3.05) is 16.8 Å². The molecule has 2 heterocycles. The zero-order valence-corrected chi connectivity index (χ0v) is 16.4. The van der Waals surface area contributed by atoms with Crippen LogP contribution < -0.4 is 15.0 Å². The van der Waals surface area contributed by atoms with Gasteiger partial charge in [-0.3, -0.25) is 9.59 Å². The maximum Gasteiger partial charge on any atom is 0.387 e. The Balaban J connectivity index is 1.45. The second kappa shape index (κ2) is 8.58. The Kier molecular flexibility index (Phi) is 5.71. The monoisotopic (exact) mass is 429 g/mol. The number of ether oxygens (including phenoxy) is 1. The van der Waals surface area contributed by atoms with Gasteiger partial charge in [0.15, 0.2) is 5.13 Å². The molecule has 0 spiro atoms. The molecule has 0 aliphatic carbocycles. The number of carbonyl (C=O) groups is 2. The first-order chi connectivity index (χ1) is 14.5. The molecule has 0 radical (unpaired) electrons. The van der Waals surface area contributed by atoms with Crippen LogP contribution in [0.25, 0.3) is 11.3 Å². The molecule has 0 saturated carbocycles. The molecular weight excluding hydrogens is 412 g/mol. The second-order valence-corrected chi connectivity index (χ2v) is 7.50.